The van der Waals surface area contributed by atoms with Gasteiger partial charge in [-0.3, -0.25) is 0 Å². The maximum Gasteiger partial charge on any atom is 0.133 e. The van der Waals surface area contributed by atoms with Crippen LogP contribution in [0.25, 0.3) is 0 Å². The van der Waals surface area contributed by atoms with E-state index in [0.29, 0.717) is 6.04 Å². The molecule has 0 aliphatic heterocycles. The molecule has 0 spiro atoms. The molecule has 0 N–H and O–H groups in total. The normalized spacial score (nSPS) is 11.2. The fraction of sp³-hybridized carbons (Fsp3) is 0.955. The third kappa shape index (κ3) is 17.4. The number of hydrogen-bond acceptors (Lipinski definition) is 1. The van der Waals surface area contributed by atoms with Crippen molar-refractivity contribution in [3.63, 3.8) is 0 Å². The Balaban J connectivity index is 3.20. The Morgan fingerprint density at radius 3 is 1.28 bits per heavy atom. The molecule has 150 valence electrons. The van der Waals surface area contributed by atoms with Crippen LogP contribution in [0, 0.1) is 0 Å². The quantitative estimate of drug-likeness (QED) is 0.143. The van der Waals surface area contributed by atoms with Crippen molar-refractivity contribution in [1.82, 2.24) is 4.90 Å². The van der Waals surface area contributed by atoms with Crippen LogP contribution >= 0.6 is 24.8 Å². The Kier molecular flexibility index (Phi) is 19.2. The topological polar surface area (TPSA) is 3.24 Å². The second-order valence-corrected chi connectivity index (χ2v) is 8.99. The lowest BCUT2D eigenvalue weighted by atomic mass is 10.0. The van der Waals surface area contributed by atoms with E-state index in [1.165, 1.54) is 103 Å². The first-order valence-corrected chi connectivity index (χ1v) is 11.9. The predicted octanol–water partition coefficient (Wildman–Crippen LogP) is 8.17. The van der Waals surface area contributed by atoms with Gasteiger partial charge in [0.15, 0.2) is 0 Å². The Labute approximate surface area is 170 Å². The highest BCUT2D eigenvalue weighted by molar-refractivity contribution is 8.10. The molecule has 0 aliphatic rings. The average Bonchev–Trinajstić information content (AvgIpc) is 2.57. The van der Waals surface area contributed by atoms with Gasteiger partial charge >= 0.3 is 0 Å². The van der Waals surface area contributed by atoms with E-state index in [4.69, 9.17) is 12.2 Å². The van der Waals surface area contributed by atoms with Crippen LogP contribution in [0.4, 0.5) is 0 Å². The lowest BCUT2D eigenvalue weighted by molar-refractivity contribution is 0.349. The van der Waals surface area contributed by atoms with Crippen LogP contribution in [0.2, 0.25) is 0 Å². The molecule has 0 fully saturated rings. The zero-order valence-corrected chi connectivity index (χ0v) is 19.1. The molecule has 25 heavy (non-hydrogen) atoms. The molecule has 0 atom stereocenters. The van der Waals surface area contributed by atoms with Crippen LogP contribution < -0.4 is 0 Å². The molecule has 0 bridgehead atoms. The number of thiocarbonyl (C=S) groups is 1. The van der Waals surface area contributed by atoms with E-state index >= 15 is 0 Å². The molecule has 0 aromatic heterocycles. The number of hydrogen-bond donors (Lipinski definition) is 1. The zero-order valence-electron chi connectivity index (χ0n) is 17.4. The molecule has 0 rings (SSSR count). The monoisotopic (exact) mass is 387 g/mol. The molecule has 0 radical (unpaired) electrons. The molecule has 0 saturated heterocycles. The highest BCUT2D eigenvalue weighted by Crippen LogP contribution is 2.14. The highest BCUT2D eigenvalue weighted by Gasteiger charge is 2.09. The highest BCUT2D eigenvalue weighted by atomic mass is 32.1. The molecule has 0 amide bonds. The number of nitrogens with zero attached hydrogens (tertiary/aromatic N) is 1. The Morgan fingerprint density at radius 1 is 0.680 bits per heavy atom. The van der Waals surface area contributed by atoms with Crippen LogP contribution in [0.1, 0.15) is 124 Å². The van der Waals surface area contributed by atoms with E-state index in [-0.39, 0.29) is 0 Å². The van der Waals surface area contributed by atoms with E-state index < -0.39 is 0 Å². The Bertz CT molecular complexity index is 292. The summed E-state index contributed by atoms with van der Waals surface area (Å²) in [6.45, 7) is 7.74. The first kappa shape index (κ1) is 25.2. The van der Waals surface area contributed by atoms with Gasteiger partial charge in [0, 0.05) is 12.6 Å². The minimum absolute atomic E-state index is 0.473. The summed E-state index contributed by atoms with van der Waals surface area (Å²) < 4.78 is 0.746. The van der Waals surface area contributed by atoms with Crippen molar-refractivity contribution >= 4 is 29.2 Å². The number of thiol groups is 1. The van der Waals surface area contributed by atoms with Crippen molar-refractivity contribution in [1.29, 1.82) is 0 Å². The Morgan fingerprint density at radius 2 is 1.00 bits per heavy atom. The largest absolute Gasteiger partial charge is 0.355 e. The van der Waals surface area contributed by atoms with E-state index in [1.807, 2.05) is 0 Å². The van der Waals surface area contributed by atoms with Crippen molar-refractivity contribution in [2.45, 2.75) is 130 Å². The van der Waals surface area contributed by atoms with Crippen LogP contribution in [0.5, 0.6) is 0 Å². The molecule has 1 nitrogen and oxygen atoms in total. The summed E-state index contributed by atoms with van der Waals surface area (Å²) in [5.74, 6) is 0. The third-order valence-corrected chi connectivity index (χ3v) is 5.61. The number of unbranched alkanes of at least 4 members (excludes halogenated alkanes) is 15. The van der Waals surface area contributed by atoms with Gasteiger partial charge in [-0.1, -0.05) is 115 Å². The van der Waals surface area contributed by atoms with Gasteiger partial charge in [-0.25, -0.2) is 0 Å². The average molecular weight is 388 g/mol. The van der Waals surface area contributed by atoms with E-state index in [0.717, 1.165) is 10.9 Å². The first-order valence-electron chi connectivity index (χ1n) is 11.1. The maximum absolute atomic E-state index is 5.19. The molecule has 0 aliphatic carbocycles. The molecule has 0 aromatic rings. The summed E-state index contributed by atoms with van der Waals surface area (Å²) in [6.07, 6.45) is 22.7. The van der Waals surface area contributed by atoms with Crippen molar-refractivity contribution in [2.75, 3.05) is 6.54 Å². The summed E-state index contributed by atoms with van der Waals surface area (Å²) in [4.78, 5) is 2.22. The lowest BCUT2D eigenvalue weighted by Gasteiger charge is -2.26. The molecule has 0 heterocycles. The molecular weight excluding hydrogens is 342 g/mol. The second kappa shape index (κ2) is 19.0. The van der Waals surface area contributed by atoms with Crippen molar-refractivity contribution in [2.24, 2.45) is 0 Å². The van der Waals surface area contributed by atoms with Gasteiger partial charge in [0.2, 0.25) is 0 Å². The summed E-state index contributed by atoms with van der Waals surface area (Å²) >= 11 is 9.51. The van der Waals surface area contributed by atoms with Crippen molar-refractivity contribution < 1.29 is 0 Å². The fourth-order valence-corrected chi connectivity index (χ4v) is 4.04. The van der Waals surface area contributed by atoms with Gasteiger partial charge in [-0.2, -0.15) is 0 Å². The summed E-state index contributed by atoms with van der Waals surface area (Å²) in [5, 5.41) is 0. The van der Waals surface area contributed by atoms with Crippen LogP contribution in [-0.4, -0.2) is 21.8 Å². The Hall–Kier alpha value is 0.240. The van der Waals surface area contributed by atoms with Crippen molar-refractivity contribution in [3.8, 4) is 0 Å². The summed E-state index contributed by atoms with van der Waals surface area (Å²) in [7, 11) is 0. The second-order valence-electron chi connectivity index (χ2n) is 7.87. The number of rotatable bonds is 18. The zero-order chi connectivity index (χ0) is 18.8. The summed E-state index contributed by atoms with van der Waals surface area (Å²) in [5.41, 5.74) is 0. The van der Waals surface area contributed by atoms with Gasteiger partial charge in [0.05, 0.1) is 0 Å². The molecule has 0 aromatic carbocycles. The molecular formula is C22H45NS2. The smallest absolute Gasteiger partial charge is 0.133 e. The van der Waals surface area contributed by atoms with Crippen LogP contribution in [-0.2, 0) is 0 Å². The van der Waals surface area contributed by atoms with Gasteiger partial charge in [0.25, 0.3) is 0 Å². The van der Waals surface area contributed by atoms with E-state index in [2.05, 4.69) is 38.3 Å². The van der Waals surface area contributed by atoms with Crippen LogP contribution in [0.15, 0.2) is 0 Å². The predicted molar refractivity (Wildman–Crippen MR) is 123 cm³/mol. The van der Waals surface area contributed by atoms with Crippen molar-refractivity contribution in [3.05, 3.63) is 0 Å². The van der Waals surface area contributed by atoms with E-state index in [9.17, 15) is 0 Å². The molecule has 0 saturated carbocycles. The van der Waals surface area contributed by atoms with Crippen LogP contribution in [0.3, 0.4) is 0 Å². The first-order chi connectivity index (χ1) is 12.1. The molecule has 0 unspecified atom stereocenters. The summed E-state index contributed by atoms with van der Waals surface area (Å²) in [6, 6.07) is 0.473. The minimum atomic E-state index is 0.473. The third-order valence-electron chi connectivity index (χ3n) is 5.12. The lowest BCUT2D eigenvalue weighted by Crippen LogP contribution is -2.33. The van der Waals surface area contributed by atoms with Gasteiger partial charge in [-0.15, -0.1) is 12.6 Å². The standard InChI is InChI=1S/C22H45NS2/c1-4-5-6-7-8-9-10-11-12-13-14-15-16-17-18-19-20-23(21(2)3)22(24)25/h21H,4-20H2,1-3H3,(H,24,25). The van der Waals surface area contributed by atoms with Gasteiger partial charge < -0.3 is 4.90 Å². The van der Waals surface area contributed by atoms with Gasteiger partial charge in [0.1, 0.15) is 4.32 Å². The minimum Gasteiger partial charge on any atom is -0.355 e. The maximum atomic E-state index is 5.19. The fourth-order valence-electron chi connectivity index (χ4n) is 3.40. The van der Waals surface area contributed by atoms with Gasteiger partial charge in [-0.05, 0) is 20.3 Å². The SMILES string of the molecule is CCCCCCCCCCCCCCCCCCN(C(=S)S)C(C)C. The van der Waals surface area contributed by atoms with E-state index in [1.54, 1.807) is 0 Å². The molecule has 3 heteroatoms.